The Hall–Kier alpha value is -5.18. The second-order valence-corrected chi connectivity index (χ2v) is 11.7. The molecule has 8 aromatic rings. The maximum Gasteiger partial charge on any atom is 0.0468 e. The van der Waals surface area contributed by atoms with E-state index < -0.39 is 0 Å². The van der Waals surface area contributed by atoms with E-state index in [1.807, 2.05) is 11.3 Å². The highest BCUT2D eigenvalue weighted by Gasteiger charge is 2.15. The number of benzene rings is 7. The van der Waals surface area contributed by atoms with Crippen molar-refractivity contribution in [3.63, 3.8) is 0 Å². The van der Waals surface area contributed by atoms with Crippen LogP contribution in [0.1, 0.15) is 0 Å². The molecule has 0 aliphatic carbocycles. The first-order valence-corrected chi connectivity index (χ1v) is 15.1. The molecule has 0 unspecified atom stereocenters. The standard InChI is InChI=1S/C40H27NS/c1-3-10-28(11-4-1)31-12-9-13-32(26-31)29-18-22-34(23-19-29)41(33-14-5-2-6-15-33)35-24-20-30-21-25-39-40(37(30)27-35)36-16-7-8-17-38(36)42-39/h1-27H. The highest BCUT2D eigenvalue weighted by Crippen LogP contribution is 2.42. The van der Waals surface area contributed by atoms with E-state index in [2.05, 4.69) is 169 Å². The summed E-state index contributed by atoms with van der Waals surface area (Å²) in [7, 11) is 0. The number of fused-ring (bicyclic) bond motifs is 5. The van der Waals surface area contributed by atoms with E-state index >= 15 is 0 Å². The van der Waals surface area contributed by atoms with E-state index in [4.69, 9.17) is 0 Å². The predicted octanol–water partition coefficient (Wildman–Crippen LogP) is 12.0. The molecule has 2 heteroatoms. The van der Waals surface area contributed by atoms with E-state index in [0.717, 1.165) is 17.1 Å². The van der Waals surface area contributed by atoms with Gasteiger partial charge < -0.3 is 4.90 Å². The third-order valence-electron chi connectivity index (χ3n) is 8.04. The molecule has 0 amide bonds. The molecule has 198 valence electrons. The lowest BCUT2D eigenvalue weighted by molar-refractivity contribution is 1.29. The van der Waals surface area contributed by atoms with Crippen LogP contribution in [0.15, 0.2) is 164 Å². The van der Waals surface area contributed by atoms with Crippen LogP contribution in [-0.2, 0) is 0 Å². The monoisotopic (exact) mass is 553 g/mol. The minimum Gasteiger partial charge on any atom is -0.310 e. The van der Waals surface area contributed by atoms with E-state index in [9.17, 15) is 0 Å². The van der Waals surface area contributed by atoms with Crippen molar-refractivity contribution in [2.24, 2.45) is 0 Å². The number of hydrogen-bond donors (Lipinski definition) is 0. The molecule has 8 rings (SSSR count). The fourth-order valence-electron chi connectivity index (χ4n) is 6.01. The Kier molecular flexibility index (Phi) is 6.05. The number of thiophene rings is 1. The van der Waals surface area contributed by atoms with Crippen LogP contribution in [0.2, 0.25) is 0 Å². The largest absolute Gasteiger partial charge is 0.310 e. The van der Waals surface area contributed by atoms with Gasteiger partial charge in [-0.15, -0.1) is 11.3 Å². The molecule has 0 radical (unpaired) electrons. The van der Waals surface area contributed by atoms with Crippen LogP contribution in [0.5, 0.6) is 0 Å². The van der Waals surface area contributed by atoms with E-state index in [1.54, 1.807) is 0 Å². The quantitative estimate of drug-likeness (QED) is 0.205. The summed E-state index contributed by atoms with van der Waals surface area (Å²) in [5.41, 5.74) is 8.29. The molecule has 0 N–H and O–H groups in total. The second kappa shape index (κ2) is 10.3. The maximum absolute atomic E-state index is 2.36. The molecule has 0 saturated carbocycles. The molecule has 0 aliphatic rings. The molecule has 1 nitrogen and oxygen atoms in total. The number of hydrogen-bond acceptors (Lipinski definition) is 2. The Morgan fingerprint density at radius 2 is 0.952 bits per heavy atom. The molecule has 1 heterocycles. The third-order valence-corrected chi connectivity index (χ3v) is 9.18. The Balaban J connectivity index is 1.24. The Morgan fingerprint density at radius 1 is 0.357 bits per heavy atom. The van der Waals surface area contributed by atoms with E-state index in [1.165, 1.54) is 53.2 Å². The van der Waals surface area contributed by atoms with Crippen molar-refractivity contribution in [3.05, 3.63) is 164 Å². The number of para-hydroxylation sites is 1. The third kappa shape index (κ3) is 4.34. The van der Waals surface area contributed by atoms with Gasteiger partial charge in [-0.05, 0) is 87.6 Å². The SMILES string of the molecule is c1ccc(-c2cccc(-c3ccc(N(c4ccccc4)c4ccc5ccc6sc7ccccc7c6c5c4)cc3)c2)cc1. The van der Waals surface area contributed by atoms with Gasteiger partial charge in [0.1, 0.15) is 0 Å². The zero-order valence-electron chi connectivity index (χ0n) is 22.9. The van der Waals surface area contributed by atoms with Gasteiger partial charge in [-0.25, -0.2) is 0 Å². The minimum atomic E-state index is 1.13. The predicted molar refractivity (Wildman–Crippen MR) is 182 cm³/mol. The fourth-order valence-corrected chi connectivity index (χ4v) is 7.13. The van der Waals surface area contributed by atoms with Gasteiger partial charge in [-0.2, -0.15) is 0 Å². The first kappa shape index (κ1) is 24.6. The van der Waals surface area contributed by atoms with Crippen molar-refractivity contribution in [1.82, 2.24) is 0 Å². The van der Waals surface area contributed by atoms with Crippen LogP contribution in [0.4, 0.5) is 17.1 Å². The van der Waals surface area contributed by atoms with Gasteiger partial charge in [0, 0.05) is 37.2 Å². The van der Waals surface area contributed by atoms with Crippen molar-refractivity contribution < 1.29 is 0 Å². The molecule has 0 atom stereocenters. The number of nitrogens with zero attached hydrogens (tertiary/aromatic N) is 1. The van der Waals surface area contributed by atoms with Crippen LogP contribution in [-0.4, -0.2) is 0 Å². The zero-order valence-corrected chi connectivity index (χ0v) is 23.8. The maximum atomic E-state index is 2.36. The molecule has 42 heavy (non-hydrogen) atoms. The molecule has 7 aromatic carbocycles. The van der Waals surface area contributed by atoms with Gasteiger partial charge in [0.25, 0.3) is 0 Å². The lowest BCUT2D eigenvalue weighted by Gasteiger charge is -2.26. The summed E-state index contributed by atoms with van der Waals surface area (Å²) in [5.74, 6) is 0. The molecular weight excluding hydrogens is 527 g/mol. The van der Waals surface area contributed by atoms with E-state index in [0.29, 0.717) is 0 Å². The summed E-state index contributed by atoms with van der Waals surface area (Å²) >= 11 is 1.87. The average molecular weight is 554 g/mol. The summed E-state index contributed by atoms with van der Waals surface area (Å²) in [6.07, 6.45) is 0. The van der Waals surface area contributed by atoms with Gasteiger partial charge in [0.05, 0.1) is 0 Å². The Bertz CT molecular complexity index is 2180. The molecule has 1 aromatic heterocycles. The molecular formula is C40H27NS. The van der Waals surface area contributed by atoms with Gasteiger partial charge in [-0.1, -0.05) is 109 Å². The molecule has 0 bridgehead atoms. The molecule has 0 aliphatic heterocycles. The molecule has 0 spiro atoms. The summed E-state index contributed by atoms with van der Waals surface area (Å²) in [5, 5.41) is 5.22. The summed E-state index contributed by atoms with van der Waals surface area (Å²) in [6.45, 7) is 0. The molecule has 0 fully saturated rings. The lowest BCUT2D eigenvalue weighted by atomic mass is 9.98. The van der Waals surface area contributed by atoms with Crippen LogP contribution in [0.25, 0.3) is 53.2 Å². The second-order valence-electron chi connectivity index (χ2n) is 10.6. The van der Waals surface area contributed by atoms with Gasteiger partial charge in [0.15, 0.2) is 0 Å². The van der Waals surface area contributed by atoms with Gasteiger partial charge >= 0.3 is 0 Å². The highest BCUT2D eigenvalue weighted by atomic mass is 32.1. The van der Waals surface area contributed by atoms with Crippen molar-refractivity contribution in [1.29, 1.82) is 0 Å². The molecule has 0 saturated heterocycles. The fraction of sp³-hybridized carbons (Fsp3) is 0. The van der Waals surface area contributed by atoms with Crippen molar-refractivity contribution in [2.75, 3.05) is 4.90 Å². The average Bonchev–Trinajstić information content (AvgIpc) is 3.46. The zero-order chi connectivity index (χ0) is 27.9. The number of anilines is 3. The summed E-state index contributed by atoms with van der Waals surface area (Å²) < 4.78 is 2.66. The Labute approximate surface area is 249 Å². The van der Waals surface area contributed by atoms with E-state index in [-0.39, 0.29) is 0 Å². The van der Waals surface area contributed by atoms with Crippen molar-refractivity contribution in [3.8, 4) is 22.3 Å². The number of rotatable bonds is 5. The lowest BCUT2D eigenvalue weighted by Crippen LogP contribution is -2.09. The van der Waals surface area contributed by atoms with Crippen LogP contribution >= 0.6 is 11.3 Å². The van der Waals surface area contributed by atoms with Crippen LogP contribution < -0.4 is 4.90 Å². The highest BCUT2D eigenvalue weighted by molar-refractivity contribution is 7.26. The van der Waals surface area contributed by atoms with Crippen molar-refractivity contribution >= 4 is 59.3 Å². The van der Waals surface area contributed by atoms with Crippen LogP contribution in [0.3, 0.4) is 0 Å². The van der Waals surface area contributed by atoms with Crippen molar-refractivity contribution in [2.45, 2.75) is 0 Å². The summed E-state index contributed by atoms with van der Waals surface area (Å²) in [6, 6.07) is 59.1. The minimum absolute atomic E-state index is 1.13. The summed E-state index contributed by atoms with van der Waals surface area (Å²) in [4.78, 5) is 2.36. The van der Waals surface area contributed by atoms with Gasteiger partial charge in [0.2, 0.25) is 0 Å². The topological polar surface area (TPSA) is 3.24 Å². The Morgan fingerprint density at radius 3 is 1.74 bits per heavy atom. The van der Waals surface area contributed by atoms with Crippen LogP contribution in [0, 0.1) is 0 Å². The van der Waals surface area contributed by atoms with Gasteiger partial charge in [-0.3, -0.25) is 0 Å². The smallest absolute Gasteiger partial charge is 0.0468 e. The normalized spacial score (nSPS) is 11.3. The first-order chi connectivity index (χ1) is 20.8. The first-order valence-electron chi connectivity index (χ1n) is 14.3.